The van der Waals surface area contributed by atoms with E-state index in [1.54, 1.807) is 0 Å². The van der Waals surface area contributed by atoms with Gasteiger partial charge < -0.3 is 0 Å². The van der Waals surface area contributed by atoms with E-state index in [9.17, 15) is 21.6 Å². The van der Waals surface area contributed by atoms with Crippen LogP contribution in [0.2, 0.25) is 0 Å². The van der Waals surface area contributed by atoms with Gasteiger partial charge in [-0.3, -0.25) is 9.88 Å². The number of aromatic nitrogens is 1. The molecule has 1 aliphatic heterocycles. The van der Waals surface area contributed by atoms with Crippen molar-refractivity contribution in [1.29, 1.82) is 0 Å². The summed E-state index contributed by atoms with van der Waals surface area (Å²) in [6.45, 7) is 5.25. The summed E-state index contributed by atoms with van der Waals surface area (Å²) < 4.78 is 67.7. The van der Waals surface area contributed by atoms with Crippen molar-refractivity contribution < 1.29 is 21.6 Å². The first-order valence-electron chi connectivity index (χ1n) is 9.81. The van der Waals surface area contributed by atoms with Crippen LogP contribution in [-0.4, -0.2) is 43.5 Å². The van der Waals surface area contributed by atoms with Crippen LogP contribution in [-0.2, 0) is 16.2 Å². The highest BCUT2D eigenvalue weighted by Gasteiger charge is 2.33. The molecule has 9 heteroatoms. The van der Waals surface area contributed by atoms with Crippen LogP contribution in [0.3, 0.4) is 0 Å². The van der Waals surface area contributed by atoms with E-state index in [2.05, 4.69) is 28.5 Å². The maximum Gasteiger partial charge on any atom is 0.416 e. The van der Waals surface area contributed by atoms with Crippen molar-refractivity contribution >= 4 is 20.9 Å². The summed E-state index contributed by atoms with van der Waals surface area (Å²) in [7, 11) is -4.11. The van der Waals surface area contributed by atoms with Crippen LogP contribution >= 0.6 is 0 Å². The van der Waals surface area contributed by atoms with E-state index in [0.29, 0.717) is 24.6 Å². The molecular weight excluding hydrogens is 403 g/mol. The smallest absolute Gasteiger partial charge is 0.298 e. The Morgan fingerprint density at radius 3 is 2.55 bits per heavy atom. The standard InChI is InChI=1S/C20H26F3N3O2S/c1-14-6-3-7-15(2)26(14)11-5-10-25-29(27,28)19-13-16(20(21,22)23)12-18-17(19)8-4-9-24-18/h4,8-9,12-15,25H,3,5-7,10-11H2,1-2H3. The number of fused-ring (bicyclic) bond motifs is 1. The molecule has 0 amide bonds. The normalized spacial score (nSPS) is 21.6. The number of hydrogen-bond acceptors (Lipinski definition) is 4. The van der Waals surface area contributed by atoms with Gasteiger partial charge in [-0.1, -0.05) is 6.42 Å². The summed E-state index contributed by atoms with van der Waals surface area (Å²) in [6.07, 6.45) is 0.716. The monoisotopic (exact) mass is 429 g/mol. The molecule has 160 valence electrons. The van der Waals surface area contributed by atoms with Crippen molar-refractivity contribution in [3.05, 3.63) is 36.0 Å². The number of nitrogens with zero attached hydrogens (tertiary/aromatic N) is 2. The Balaban J connectivity index is 1.76. The van der Waals surface area contributed by atoms with Crippen LogP contribution in [0, 0.1) is 0 Å². The van der Waals surface area contributed by atoms with Gasteiger partial charge in [-0.25, -0.2) is 13.1 Å². The van der Waals surface area contributed by atoms with Crippen molar-refractivity contribution in [3.63, 3.8) is 0 Å². The Bertz CT molecular complexity index is 953. The number of benzene rings is 1. The molecule has 2 heterocycles. The second-order valence-electron chi connectivity index (χ2n) is 7.66. The second-order valence-corrected chi connectivity index (χ2v) is 9.40. The summed E-state index contributed by atoms with van der Waals surface area (Å²) in [5.41, 5.74) is -1.03. The average Bonchev–Trinajstić information content (AvgIpc) is 2.65. The predicted octanol–water partition coefficient (Wildman–Crippen LogP) is 4.18. The summed E-state index contributed by atoms with van der Waals surface area (Å²) in [4.78, 5) is 5.87. The fourth-order valence-corrected chi connectivity index (χ4v) is 5.31. The first-order chi connectivity index (χ1) is 13.6. The summed E-state index contributed by atoms with van der Waals surface area (Å²) in [6, 6.07) is 5.43. The lowest BCUT2D eigenvalue weighted by Crippen LogP contribution is -2.44. The topological polar surface area (TPSA) is 62.3 Å². The predicted molar refractivity (Wildman–Crippen MR) is 106 cm³/mol. The first-order valence-corrected chi connectivity index (χ1v) is 11.3. The van der Waals surface area contributed by atoms with Gasteiger partial charge >= 0.3 is 6.18 Å². The molecule has 1 aliphatic rings. The van der Waals surface area contributed by atoms with Gasteiger partial charge in [0.1, 0.15) is 0 Å². The molecular formula is C20H26F3N3O2S. The van der Waals surface area contributed by atoms with Crippen molar-refractivity contribution in [3.8, 4) is 0 Å². The Morgan fingerprint density at radius 1 is 1.21 bits per heavy atom. The van der Waals surface area contributed by atoms with Gasteiger partial charge in [-0.2, -0.15) is 13.2 Å². The van der Waals surface area contributed by atoms with Crippen LogP contribution < -0.4 is 4.72 Å². The van der Waals surface area contributed by atoms with E-state index in [1.807, 2.05) is 0 Å². The molecule has 0 aliphatic carbocycles. The number of piperidine rings is 1. The molecule has 1 saturated heterocycles. The minimum Gasteiger partial charge on any atom is -0.298 e. The number of sulfonamides is 1. The molecule has 0 radical (unpaired) electrons. The van der Waals surface area contributed by atoms with Crippen LogP contribution in [0.1, 0.15) is 45.1 Å². The van der Waals surface area contributed by atoms with Gasteiger partial charge in [0.15, 0.2) is 0 Å². The molecule has 29 heavy (non-hydrogen) atoms. The number of rotatable bonds is 6. The maximum absolute atomic E-state index is 13.2. The van der Waals surface area contributed by atoms with E-state index in [1.165, 1.54) is 24.8 Å². The number of halogens is 3. The lowest BCUT2D eigenvalue weighted by atomic mass is 9.97. The number of alkyl halides is 3. The maximum atomic E-state index is 13.2. The SMILES string of the molecule is CC1CCCC(C)N1CCCNS(=O)(=O)c1cc(C(F)(F)F)cc2ncccc12. The highest BCUT2D eigenvalue weighted by atomic mass is 32.2. The first kappa shape index (κ1) is 22.0. The van der Waals surface area contributed by atoms with E-state index >= 15 is 0 Å². The van der Waals surface area contributed by atoms with Gasteiger partial charge in [-0.15, -0.1) is 0 Å². The fraction of sp³-hybridized carbons (Fsp3) is 0.550. The highest BCUT2D eigenvalue weighted by Crippen LogP contribution is 2.34. The largest absolute Gasteiger partial charge is 0.416 e. The van der Waals surface area contributed by atoms with Crippen molar-refractivity contribution in [2.75, 3.05) is 13.1 Å². The fourth-order valence-electron chi connectivity index (χ4n) is 4.00. The molecule has 2 atom stereocenters. The van der Waals surface area contributed by atoms with Crippen molar-refractivity contribution in [2.45, 2.75) is 62.7 Å². The third kappa shape index (κ3) is 5.07. The molecule has 5 nitrogen and oxygen atoms in total. The quantitative estimate of drug-likeness (QED) is 0.700. The van der Waals surface area contributed by atoms with Gasteiger partial charge in [0.2, 0.25) is 10.0 Å². The zero-order valence-electron chi connectivity index (χ0n) is 16.5. The molecule has 0 bridgehead atoms. The van der Waals surface area contributed by atoms with Crippen LogP contribution in [0.4, 0.5) is 13.2 Å². The third-order valence-corrected chi connectivity index (χ3v) is 7.06. The van der Waals surface area contributed by atoms with Gasteiger partial charge in [0, 0.05) is 30.2 Å². The number of pyridine rings is 1. The van der Waals surface area contributed by atoms with E-state index < -0.39 is 26.7 Å². The van der Waals surface area contributed by atoms with Crippen molar-refractivity contribution in [1.82, 2.24) is 14.6 Å². The van der Waals surface area contributed by atoms with Crippen LogP contribution in [0.15, 0.2) is 35.4 Å². The Labute approximate surface area is 169 Å². The van der Waals surface area contributed by atoms with Gasteiger partial charge in [0.25, 0.3) is 0 Å². The molecule has 1 aromatic heterocycles. The number of likely N-dealkylation sites (tertiary alicyclic amines) is 1. The van der Waals surface area contributed by atoms with E-state index in [4.69, 9.17) is 0 Å². The molecule has 1 fully saturated rings. The minimum absolute atomic E-state index is 0.00123. The van der Waals surface area contributed by atoms with E-state index in [0.717, 1.165) is 25.5 Å². The van der Waals surface area contributed by atoms with E-state index in [-0.39, 0.29) is 17.4 Å². The molecule has 2 unspecified atom stereocenters. The van der Waals surface area contributed by atoms with Crippen LogP contribution in [0.25, 0.3) is 10.9 Å². The highest BCUT2D eigenvalue weighted by molar-refractivity contribution is 7.89. The number of hydrogen-bond donors (Lipinski definition) is 1. The third-order valence-electron chi connectivity index (χ3n) is 5.56. The summed E-state index contributed by atoms with van der Waals surface area (Å²) >= 11 is 0. The van der Waals surface area contributed by atoms with Crippen LogP contribution in [0.5, 0.6) is 0 Å². The average molecular weight is 430 g/mol. The molecule has 1 N–H and O–H groups in total. The second kappa shape index (κ2) is 8.57. The van der Waals surface area contributed by atoms with Gasteiger partial charge in [0.05, 0.1) is 16.0 Å². The van der Waals surface area contributed by atoms with Crippen molar-refractivity contribution in [2.24, 2.45) is 0 Å². The molecule has 0 spiro atoms. The summed E-state index contributed by atoms with van der Waals surface area (Å²) in [5, 5.41) is 0.172. The molecule has 0 saturated carbocycles. The molecule has 3 rings (SSSR count). The Morgan fingerprint density at radius 2 is 1.90 bits per heavy atom. The zero-order valence-corrected chi connectivity index (χ0v) is 17.4. The van der Waals surface area contributed by atoms with Gasteiger partial charge in [-0.05, 0) is 63.9 Å². The number of nitrogens with one attached hydrogen (secondary N) is 1. The molecule has 1 aromatic carbocycles. The lowest BCUT2D eigenvalue weighted by Gasteiger charge is -2.39. The molecule has 2 aromatic rings. The summed E-state index contributed by atoms with van der Waals surface area (Å²) in [5.74, 6) is 0. The Kier molecular flexibility index (Phi) is 6.50. The minimum atomic E-state index is -4.66. The Hall–Kier alpha value is -1.71. The zero-order chi connectivity index (χ0) is 21.2. The lowest BCUT2D eigenvalue weighted by molar-refractivity contribution is -0.137.